The second kappa shape index (κ2) is 5.69. The van der Waals surface area contributed by atoms with Gasteiger partial charge in [0.15, 0.2) is 0 Å². The molecule has 0 spiro atoms. The van der Waals surface area contributed by atoms with Crippen molar-refractivity contribution in [1.82, 2.24) is 4.72 Å². The molecule has 1 atom stereocenters. The molecule has 0 saturated heterocycles. The molecule has 0 aliphatic heterocycles. The summed E-state index contributed by atoms with van der Waals surface area (Å²) < 4.78 is 27.6. The summed E-state index contributed by atoms with van der Waals surface area (Å²) in [5.74, 6) is 0.723. The smallest absolute Gasteiger partial charge is 0.250 e. The Morgan fingerprint density at radius 3 is 2.72 bits per heavy atom. The lowest BCUT2D eigenvalue weighted by Crippen LogP contribution is -2.34. The molecule has 1 fully saturated rings. The number of sulfonamides is 1. The van der Waals surface area contributed by atoms with Crippen molar-refractivity contribution >= 4 is 21.4 Å². The highest BCUT2D eigenvalue weighted by Gasteiger charge is 2.28. The van der Waals surface area contributed by atoms with Crippen LogP contribution in [0, 0.1) is 5.92 Å². The molecule has 4 nitrogen and oxygen atoms in total. The van der Waals surface area contributed by atoms with Crippen molar-refractivity contribution in [3.05, 3.63) is 17.0 Å². The van der Waals surface area contributed by atoms with E-state index >= 15 is 0 Å². The Labute approximate surface area is 113 Å². The van der Waals surface area contributed by atoms with Gasteiger partial charge < -0.3 is 5.73 Å². The van der Waals surface area contributed by atoms with Gasteiger partial charge in [0.25, 0.3) is 0 Å². The van der Waals surface area contributed by atoms with E-state index in [1.165, 1.54) is 24.2 Å². The van der Waals surface area contributed by atoms with Crippen LogP contribution in [-0.2, 0) is 16.6 Å². The van der Waals surface area contributed by atoms with Crippen LogP contribution in [-0.4, -0.2) is 14.5 Å². The van der Waals surface area contributed by atoms with Gasteiger partial charge in [-0.3, -0.25) is 0 Å². The van der Waals surface area contributed by atoms with Crippen LogP contribution in [0.5, 0.6) is 0 Å². The zero-order valence-corrected chi connectivity index (χ0v) is 12.2. The van der Waals surface area contributed by atoms with Gasteiger partial charge in [0.2, 0.25) is 10.0 Å². The van der Waals surface area contributed by atoms with E-state index in [4.69, 9.17) is 5.73 Å². The average Bonchev–Trinajstić information content (AvgIpc) is 3.01. The van der Waals surface area contributed by atoms with Gasteiger partial charge >= 0.3 is 0 Å². The van der Waals surface area contributed by atoms with Crippen molar-refractivity contribution < 1.29 is 8.42 Å². The highest BCUT2D eigenvalue weighted by molar-refractivity contribution is 7.91. The Morgan fingerprint density at radius 1 is 1.50 bits per heavy atom. The monoisotopic (exact) mass is 288 g/mol. The zero-order chi connectivity index (χ0) is 13.2. The van der Waals surface area contributed by atoms with Gasteiger partial charge in [0.1, 0.15) is 4.21 Å². The van der Waals surface area contributed by atoms with Crippen molar-refractivity contribution in [1.29, 1.82) is 0 Å². The van der Waals surface area contributed by atoms with Crippen molar-refractivity contribution in [2.24, 2.45) is 11.7 Å². The van der Waals surface area contributed by atoms with Crippen molar-refractivity contribution in [2.75, 3.05) is 0 Å². The largest absolute Gasteiger partial charge is 0.326 e. The van der Waals surface area contributed by atoms with E-state index in [0.29, 0.717) is 10.8 Å². The molecule has 0 radical (unpaired) electrons. The maximum absolute atomic E-state index is 12.2. The standard InChI is InChI=1S/C12H20N2O2S2/c1-2-10(7-9-3-4-9)14-18(15,16)12-6-5-11(8-13)17-12/h5-6,9-10,14H,2-4,7-8,13H2,1H3. The first-order valence-corrected chi connectivity index (χ1v) is 8.66. The summed E-state index contributed by atoms with van der Waals surface area (Å²) in [5, 5.41) is 0. The van der Waals surface area contributed by atoms with Gasteiger partial charge in [-0.05, 0) is 30.9 Å². The van der Waals surface area contributed by atoms with Gasteiger partial charge in [-0.25, -0.2) is 13.1 Å². The molecule has 18 heavy (non-hydrogen) atoms. The lowest BCUT2D eigenvalue weighted by atomic mass is 10.1. The first-order chi connectivity index (χ1) is 8.55. The Bertz CT molecular complexity index is 492. The number of thiophene rings is 1. The summed E-state index contributed by atoms with van der Waals surface area (Å²) in [5.41, 5.74) is 5.50. The number of hydrogen-bond acceptors (Lipinski definition) is 4. The second-order valence-electron chi connectivity index (χ2n) is 4.83. The Kier molecular flexibility index (Phi) is 4.42. The van der Waals surface area contributed by atoms with E-state index in [1.807, 2.05) is 6.92 Å². The first-order valence-electron chi connectivity index (χ1n) is 6.36. The number of nitrogens with two attached hydrogens (primary N) is 1. The molecule has 3 N–H and O–H groups in total. The number of rotatable bonds is 7. The summed E-state index contributed by atoms with van der Waals surface area (Å²) in [7, 11) is -3.37. The third-order valence-corrected chi connectivity index (χ3v) is 6.35. The van der Waals surface area contributed by atoms with Gasteiger partial charge in [-0.15, -0.1) is 11.3 Å². The van der Waals surface area contributed by atoms with E-state index < -0.39 is 10.0 Å². The topological polar surface area (TPSA) is 72.2 Å². The third-order valence-electron chi connectivity index (χ3n) is 3.23. The molecule has 1 heterocycles. The molecule has 1 aliphatic rings. The molecule has 0 bridgehead atoms. The third kappa shape index (κ3) is 3.54. The molecule has 1 unspecified atom stereocenters. The zero-order valence-electron chi connectivity index (χ0n) is 10.6. The van der Waals surface area contributed by atoms with Crippen LogP contribution in [0.15, 0.2) is 16.3 Å². The molecule has 1 aromatic heterocycles. The quantitative estimate of drug-likeness (QED) is 0.806. The predicted octanol–water partition coefficient (Wildman–Crippen LogP) is 2.06. The molecule has 0 aromatic carbocycles. The van der Waals surface area contributed by atoms with E-state index in [-0.39, 0.29) is 6.04 Å². The summed E-state index contributed by atoms with van der Waals surface area (Å²) in [6.45, 7) is 2.41. The molecule has 1 aromatic rings. The summed E-state index contributed by atoms with van der Waals surface area (Å²) in [6.07, 6.45) is 4.29. The Hall–Kier alpha value is -0.430. The minimum atomic E-state index is -3.37. The van der Waals surface area contributed by atoms with Crippen LogP contribution in [0.1, 0.15) is 37.5 Å². The van der Waals surface area contributed by atoms with E-state index in [0.717, 1.165) is 23.6 Å². The summed E-state index contributed by atoms with van der Waals surface area (Å²) >= 11 is 1.25. The van der Waals surface area contributed by atoms with Crippen molar-refractivity contribution in [3.63, 3.8) is 0 Å². The van der Waals surface area contributed by atoms with Crippen LogP contribution in [0.2, 0.25) is 0 Å². The van der Waals surface area contributed by atoms with Crippen LogP contribution in [0.25, 0.3) is 0 Å². The summed E-state index contributed by atoms with van der Waals surface area (Å²) in [4.78, 5) is 0.894. The van der Waals surface area contributed by atoms with Crippen LogP contribution < -0.4 is 10.5 Å². The fourth-order valence-corrected chi connectivity index (χ4v) is 4.53. The molecule has 102 valence electrons. The molecular formula is C12H20N2O2S2. The van der Waals surface area contributed by atoms with E-state index in [2.05, 4.69) is 4.72 Å². The average molecular weight is 288 g/mol. The maximum atomic E-state index is 12.2. The molecule has 6 heteroatoms. The van der Waals surface area contributed by atoms with Crippen LogP contribution in [0.4, 0.5) is 0 Å². The second-order valence-corrected chi connectivity index (χ2v) is 7.94. The fraction of sp³-hybridized carbons (Fsp3) is 0.667. The number of nitrogens with one attached hydrogen (secondary N) is 1. The Morgan fingerprint density at radius 2 is 2.22 bits per heavy atom. The maximum Gasteiger partial charge on any atom is 0.250 e. The molecule has 2 rings (SSSR count). The van der Waals surface area contributed by atoms with Crippen LogP contribution in [0.3, 0.4) is 0 Å². The minimum absolute atomic E-state index is 0.0610. The molecule has 1 aliphatic carbocycles. The van der Waals surface area contributed by atoms with Crippen LogP contribution >= 0.6 is 11.3 Å². The Balaban J connectivity index is 2.04. The lowest BCUT2D eigenvalue weighted by Gasteiger charge is -2.15. The number of hydrogen-bond donors (Lipinski definition) is 2. The normalized spacial score (nSPS) is 17.9. The summed E-state index contributed by atoms with van der Waals surface area (Å²) in [6, 6.07) is 3.48. The van der Waals surface area contributed by atoms with Gasteiger partial charge in [-0.1, -0.05) is 19.8 Å². The molecular weight excluding hydrogens is 268 g/mol. The SMILES string of the molecule is CCC(CC1CC1)NS(=O)(=O)c1ccc(CN)s1. The highest BCUT2D eigenvalue weighted by atomic mass is 32.2. The lowest BCUT2D eigenvalue weighted by molar-refractivity contribution is 0.496. The van der Waals surface area contributed by atoms with Gasteiger partial charge in [0.05, 0.1) is 0 Å². The fourth-order valence-electron chi connectivity index (χ4n) is 1.94. The van der Waals surface area contributed by atoms with Gasteiger partial charge in [-0.2, -0.15) is 0 Å². The highest BCUT2D eigenvalue weighted by Crippen LogP contribution is 2.34. The van der Waals surface area contributed by atoms with Crippen molar-refractivity contribution in [3.8, 4) is 0 Å². The molecule has 1 saturated carbocycles. The van der Waals surface area contributed by atoms with Gasteiger partial charge in [0, 0.05) is 17.5 Å². The predicted molar refractivity (Wildman–Crippen MR) is 74.0 cm³/mol. The van der Waals surface area contributed by atoms with Crippen molar-refractivity contribution in [2.45, 2.75) is 49.4 Å². The first kappa shape index (κ1) is 14.0. The minimum Gasteiger partial charge on any atom is -0.326 e. The van der Waals surface area contributed by atoms with E-state index in [1.54, 1.807) is 12.1 Å². The molecule has 0 amide bonds. The van der Waals surface area contributed by atoms with E-state index in [9.17, 15) is 8.42 Å².